The maximum absolute atomic E-state index is 13.0. The van der Waals surface area contributed by atoms with Crippen LogP contribution in [0.15, 0.2) is 24.3 Å². The third-order valence-electron chi connectivity index (χ3n) is 5.13. The molecule has 1 fully saturated rings. The number of rotatable bonds is 6. The lowest BCUT2D eigenvalue weighted by molar-refractivity contribution is -0.137. The van der Waals surface area contributed by atoms with Gasteiger partial charge in [0.25, 0.3) is 5.91 Å². The van der Waals surface area contributed by atoms with Gasteiger partial charge in [-0.1, -0.05) is 0 Å². The summed E-state index contributed by atoms with van der Waals surface area (Å²) in [5.41, 5.74) is 0.631. The first-order chi connectivity index (χ1) is 14.0. The second kappa shape index (κ2) is 7.97. The summed E-state index contributed by atoms with van der Waals surface area (Å²) in [5, 5.41) is 0. The lowest BCUT2D eigenvalue weighted by Gasteiger charge is -2.22. The van der Waals surface area contributed by atoms with Crippen molar-refractivity contribution in [2.45, 2.75) is 38.9 Å². The van der Waals surface area contributed by atoms with E-state index < -0.39 is 23.6 Å². The number of aromatic nitrogens is 1. The molecule has 9 heteroatoms. The summed E-state index contributed by atoms with van der Waals surface area (Å²) in [6.07, 6.45) is -3.05. The third kappa shape index (κ3) is 4.24. The van der Waals surface area contributed by atoms with Gasteiger partial charge in [-0.2, -0.15) is 13.2 Å². The number of nitrogens with one attached hydrogen (secondary N) is 1. The monoisotopic (exact) mass is 422 g/mol. The number of H-pyrrole nitrogens is 1. The van der Waals surface area contributed by atoms with Gasteiger partial charge in [0.2, 0.25) is 0 Å². The second-order valence-electron chi connectivity index (χ2n) is 7.28. The molecule has 1 amide bonds. The summed E-state index contributed by atoms with van der Waals surface area (Å²) in [6, 6.07) is 3.80. The van der Waals surface area contributed by atoms with Gasteiger partial charge in [0.15, 0.2) is 5.78 Å². The lowest BCUT2D eigenvalue weighted by Crippen LogP contribution is -2.37. The van der Waals surface area contributed by atoms with E-state index in [0.717, 1.165) is 37.1 Å². The van der Waals surface area contributed by atoms with Gasteiger partial charge in [0, 0.05) is 22.9 Å². The number of halogens is 3. The van der Waals surface area contributed by atoms with Crippen LogP contribution in [0.25, 0.3) is 0 Å². The molecule has 1 N–H and O–H groups in total. The Kier molecular flexibility index (Phi) is 5.74. The van der Waals surface area contributed by atoms with Crippen molar-refractivity contribution in [1.82, 2.24) is 9.88 Å². The van der Waals surface area contributed by atoms with Gasteiger partial charge in [0.05, 0.1) is 19.2 Å². The molecule has 0 bridgehead atoms. The number of amides is 1. The number of methoxy groups -OCH3 is 1. The number of aryl methyl sites for hydroxylation is 1. The predicted molar refractivity (Wildman–Crippen MR) is 101 cm³/mol. The number of carbonyl (C=O) groups is 3. The molecule has 1 heterocycles. The lowest BCUT2D eigenvalue weighted by atomic mass is 10.0. The summed E-state index contributed by atoms with van der Waals surface area (Å²) >= 11 is 0. The maximum Gasteiger partial charge on any atom is 0.416 e. The average molecular weight is 422 g/mol. The van der Waals surface area contributed by atoms with Crippen LogP contribution in [0.5, 0.6) is 0 Å². The highest BCUT2D eigenvalue weighted by atomic mass is 19.4. The first-order valence-corrected chi connectivity index (χ1v) is 9.33. The molecule has 6 nitrogen and oxygen atoms in total. The van der Waals surface area contributed by atoms with Crippen LogP contribution in [0.3, 0.4) is 0 Å². The van der Waals surface area contributed by atoms with Gasteiger partial charge < -0.3 is 14.6 Å². The molecule has 160 valence electrons. The SMILES string of the molecule is COC(=O)c1[nH]c(C)c(C(=O)CN(C(=O)c2ccc(C(F)(F)F)cc2)C2CC2)c1C. The summed E-state index contributed by atoms with van der Waals surface area (Å²) in [6.45, 7) is 3.03. The number of esters is 1. The number of carbonyl (C=O) groups excluding carboxylic acids is 3. The van der Waals surface area contributed by atoms with Crippen molar-refractivity contribution < 1.29 is 32.3 Å². The molecule has 0 unspecified atom stereocenters. The van der Waals surface area contributed by atoms with Gasteiger partial charge >= 0.3 is 12.1 Å². The molecule has 0 radical (unpaired) electrons. The molecule has 1 saturated carbocycles. The van der Waals surface area contributed by atoms with Crippen LogP contribution in [0.4, 0.5) is 13.2 Å². The fourth-order valence-electron chi connectivity index (χ4n) is 3.43. The molecule has 0 spiro atoms. The summed E-state index contributed by atoms with van der Waals surface area (Å²) < 4.78 is 43.0. The van der Waals surface area contributed by atoms with Crippen molar-refractivity contribution >= 4 is 17.7 Å². The minimum atomic E-state index is -4.49. The molecule has 30 heavy (non-hydrogen) atoms. The Balaban J connectivity index is 1.83. The topological polar surface area (TPSA) is 79.5 Å². The Morgan fingerprint density at radius 2 is 1.73 bits per heavy atom. The number of nitrogens with zero attached hydrogens (tertiary/aromatic N) is 1. The second-order valence-corrected chi connectivity index (χ2v) is 7.28. The smallest absolute Gasteiger partial charge is 0.416 e. The third-order valence-corrected chi connectivity index (χ3v) is 5.13. The molecular formula is C21H21F3N2O4. The fraction of sp³-hybridized carbons (Fsp3) is 0.381. The molecule has 0 saturated heterocycles. The van der Waals surface area contributed by atoms with E-state index in [1.54, 1.807) is 13.8 Å². The number of aromatic amines is 1. The number of alkyl halides is 3. The van der Waals surface area contributed by atoms with Crippen LogP contribution in [0.1, 0.15) is 60.9 Å². The number of benzene rings is 1. The molecule has 1 aliphatic carbocycles. The zero-order chi connectivity index (χ0) is 22.2. The number of Topliss-reactive ketones (excluding diaryl/α,β-unsaturated/α-hetero) is 1. The van der Waals surface area contributed by atoms with Gasteiger partial charge in [-0.05, 0) is 56.5 Å². The van der Waals surface area contributed by atoms with E-state index in [2.05, 4.69) is 4.98 Å². The molecule has 1 aromatic heterocycles. The average Bonchev–Trinajstić information content (AvgIpc) is 3.49. The van der Waals surface area contributed by atoms with Crippen molar-refractivity contribution in [3.8, 4) is 0 Å². The highest BCUT2D eigenvalue weighted by molar-refractivity contribution is 6.06. The first-order valence-electron chi connectivity index (χ1n) is 9.33. The summed E-state index contributed by atoms with van der Waals surface area (Å²) in [5.74, 6) is -1.46. The van der Waals surface area contributed by atoms with Gasteiger partial charge in [0.1, 0.15) is 5.69 Å². The van der Waals surface area contributed by atoms with E-state index in [4.69, 9.17) is 4.74 Å². The van der Waals surface area contributed by atoms with Crippen LogP contribution in [0.2, 0.25) is 0 Å². The Morgan fingerprint density at radius 1 is 1.13 bits per heavy atom. The molecule has 1 aliphatic rings. The standard InChI is InChI=1S/C21H21F3N2O4/c1-11-17(12(2)25-18(11)20(29)30-3)16(27)10-26(15-8-9-15)19(28)13-4-6-14(7-5-13)21(22,23)24/h4-7,15,25H,8-10H2,1-3H3. The van der Waals surface area contributed by atoms with Gasteiger partial charge in [-0.3, -0.25) is 9.59 Å². The molecular weight excluding hydrogens is 401 g/mol. The van der Waals surface area contributed by atoms with Crippen molar-refractivity contribution in [3.05, 3.63) is 57.9 Å². The highest BCUT2D eigenvalue weighted by Crippen LogP contribution is 2.31. The number of hydrogen-bond donors (Lipinski definition) is 1. The van der Waals surface area contributed by atoms with E-state index in [0.29, 0.717) is 16.8 Å². The summed E-state index contributed by atoms with van der Waals surface area (Å²) in [7, 11) is 1.23. The van der Waals surface area contributed by atoms with Crippen LogP contribution in [0, 0.1) is 13.8 Å². The van der Waals surface area contributed by atoms with Crippen molar-refractivity contribution in [3.63, 3.8) is 0 Å². The molecule has 0 aliphatic heterocycles. The maximum atomic E-state index is 13.0. The Labute approximate surface area is 171 Å². The van der Waals surface area contributed by atoms with E-state index in [1.807, 2.05) is 0 Å². The van der Waals surface area contributed by atoms with Crippen molar-refractivity contribution in [1.29, 1.82) is 0 Å². The molecule has 2 aromatic rings. The van der Waals surface area contributed by atoms with Crippen LogP contribution < -0.4 is 0 Å². The van der Waals surface area contributed by atoms with E-state index in [9.17, 15) is 27.6 Å². The largest absolute Gasteiger partial charge is 0.464 e. The number of ketones is 1. The molecule has 1 aromatic carbocycles. The predicted octanol–water partition coefficient (Wildman–Crippen LogP) is 3.92. The van der Waals surface area contributed by atoms with Crippen LogP contribution in [-0.2, 0) is 10.9 Å². The Morgan fingerprint density at radius 3 is 2.23 bits per heavy atom. The summed E-state index contributed by atoms with van der Waals surface area (Å²) in [4.78, 5) is 41.9. The normalized spacial score (nSPS) is 13.8. The minimum Gasteiger partial charge on any atom is -0.464 e. The number of ether oxygens (including phenoxy) is 1. The van der Waals surface area contributed by atoms with Crippen molar-refractivity contribution in [2.75, 3.05) is 13.7 Å². The highest BCUT2D eigenvalue weighted by Gasteiger charge is 2.36. The van der Waals surface area contributed by atoms with Gasteiger partial charge in [-0.15, -0.1) is 0 Å². The van der Waals surface area contributed by atoms with E-state index >= 15 is 0 Å². The van der Waals surface area contributed by atoms with E-state index in [-0.39, 0.29) is 29.6 Å². The van der Waals surface area contributed by atoms with Crippen LogP contribution in [-0.4, -0.2) is 47.2 Å². The zero-order valence-electron chi connectivity index (χ0n) is 16.7. The Bertz CT molecular complexity index is 989. The number of hydrogen-bond acceptors (Lipinski definition) is 4. The van der Waals surface area contributed by atoms with Gasteiger partial charge in [-0.25, -0.2) is 4.79 Å². The minimum absolute atomic E-state index is 0.0838. The van der Waals surface area contributed by atoms with Crippen LogP contribution >= 0.6 is 0 Å². The fourth-order valence-corrected chi connectivity index (χ4v) is 3.43. The molecule has 3 rings (SSSR count). The molecule has 0 atom stereocenters. The van der Waals surface area contributed by atoms with E-state index in [1.165, 1.54) is 12.0 Å². The Hall–Kier alpha value is -3.10. The zero-order valence-corrected chi connectivity index (χ0v) is 16.7. The quantitative estimate of drug-likeness (QED) is 0.565. The van der Waals surface area contributed by atoms with Crippen molar-refractivity contribution in [2.24, 2.45) is 0 Å². The first kappa shape index (κ1) is 21.6.